The average Bonchev–Trinajstić information content (AvgIpc) is 2.39. The first-order valence-corrected chi connectivity index (χ1v) is 5.90. The molecular formula is C10H14BBrN2O. The molecule has 1 aliphatic heterocycles. The second-order valence-corrected chi connectivity index (χ2v) is 4.75. The highest BCUT2D eigenvalue weighted by molar-refractivity contribution is 9.10. The van der Waals surface area contributed by atoms with Crippen LogP contribution in [0.15, 0.2) is 22.7 Å². The molecule has 0 atom stereocenters. The van der Waals surface area contributed by atoms with E-state index in [-0.39, 0.29) is 0 Å². The molecule has 1 aromatic rings. The van der Waals surface area contributed by atoms with E-state index in [1.54, 1.807) is 0 Å². The van der Waals surface area contributed by atoms with Gasteiger partial charge in [0, 0.05) is 29.8 Å². The van der Waals surface area contributed by atoms with Gasteiger partial charge >= 0.3 is 7.05 Å². The maximum Gasteiger partial charge on any atom is 0.376 e. The van der Waals surface area contributed by atoms with Crippen LogP contribution >= 0.6 is 15.9 Å². The lowest BCUT2D eigenvalue weighted by Crippen LogP contribution is -2.38. The Bertz CT molecular complexity index is 359. The minimum atomic E-state index is -0.392. The van der Waals surface area contributed by atoms with E-state index in [1.807, 2.05) is 17.7 Å². The van der Waals surface area contributed by atoms with Crippen LogP contribution < -0.4 is 5.32 Å². The molecule has 1 aromatic carbocycles. The molecular weight excluding hydrogens is 255 g/mol. The summed E-state index contributed by atoms with van der Waals surface area (Å²) in [6.45, 7) is 4.34. The summed E-state index contributed by atoms with van der Waals surface area (Å²) in [5, 5.41) is 12.9. The summed E-state index contributed by atoms with van der Waals surface area (Å²) in [5.41, 5.74) is 2.39. The lowest BCUT2D eigenvalue weighted by molar-refractivity contribution is 0.374. The number of anilines is 1. The van der Waals surface area contributed by atoms with Gasteiger partial charge in [-0.05, 0) is 30.6 Å². The molecule has 0 unspecified atom stereocenters. The van der Waals surface area contributed by atoms with E-state index < -0.39 is 7.05 Å². The van der Waals surface area contributed by atoms with Crippen molar-refractivity contribution in [3.05, 3.63) is 28.2 Å². The maximum absolute atomic E-state index is 9.58. The fraction of sp³-hybridized carbons (Fsp3) is 0.400. The first-order valence-electron chi connectivity index (χ1n) is 5.11. The van der Waals surface area contributed by atoms with Crippen LogP contribution in [-0.2, 0) is 6.54 Å². The van der Waals surface area contributed by atoms with Crippen LogP contribution in [0.4, 0.5) is 5.69 Å². The van der Waals surface area contributed by atoms with E-state index in [1.165, 1.54) is 11.3 Å². The number of rotatable bonds is 1. The first kappa shape index (κ1) is 11.0. The number of hydrogen-bond acceptors (Lipinski definition) is 3. The Labute approximate surface area is 98.7 Å². The molecule has 3 nitrogen and oxygen atoms in total. The van der Waals surface area contributed by atoms with Crippen LogP contribution in [0.5, 0.6) is 0 Å². The van der Waals surface area contributed by atoms with Crippen LogP contribution in [0.2, 0.25) is 6.82 Å². The molecule has 1 aliphatic rings. The van der Waals surface area contributed by atoms with Crippen LogP contribution in [0.1, 0.15) is 5.56 Å². The molecule has 0 aromatic heterocycles. The van der Waals surface area contributed by atoms with Gasteiger partial charge in [0.1, 0.15) is 0 Å². The standard InChI is InChI=1S/C10H14BBrN2O/c1-11(15)14-5-4-13-10-3-2-9(12)6-8(10)7-14/h2-3,6,13,15H,4-5,7H2,1H3. The van der Waals surface area contributed by atoms with Crippen molar-refractivity contribution in [1.29, 1.82) is 0 Å². The Kier molecular flexibility index (Phi) is 3.33. The molecule has 2 N–H and O–H groups in total. The summed E-state index contributed by atoms with van der Waals surface area (Å²) in [5.74, 6) is 0. The predicted octanol–water partition coefficient (Wildman–Crippen LogP) is 1.79. The van der Waals surface area contributed by atoms with Crippen molar-refractivity contribution in [2.75, 3.05) is 18.4 Å². The van der Waals surface area contributed by atoms with Gasteiger partial charge in [0.2, 0.25) is 0 Å². The molecule has 5 heteroatoms. The van der Waals surface area contributed by atoms with Crippen molar-refractivity contribution >= 4 is 28.7 Å². The van der Waals surface area contributed by atoms with Crippen LogP contribution in [0.3, 0.4) is 0 Å². The third kappa shape index (κ3) is 2.54. The number of hydrogen-bond donors (Lipinski definition) is 2. The minimum Gasteiger partial charge on any atom is -0.437 e. The predicted molar refractivity (Wildman–Crippen MR) is 66.9 cm³/mol. The second-order valence-electron chi connectivity index (χ2n) is 3.83. The first-order chi connectivity index (χ1) is 7.16. The summed E-state index contributed by atoms with van der Waals surface area (Å²) in [4.78, 5) is 2.05. The van der Waals surface area contributed by atoms with Gasteiger partial charge in [-0.25, -0.2) is 0 Å². The molecule has 0 spiro atoms. The van der Waals surface area contributed by atoms with Crippen LogP contribution in [0, 0.1) is 0 Å². The zero-order chi connectivity index (χ0) is 10.8. The summed E-state index contributed by atoms with van der Waals surface area (Å²) in [6, 6.07) is 6.21. The third-order valence-corrected chi connectivity index (χ3v) is 3.18. The normalized spacial score (nSPS) is 16.5. The van der Waals surface area contributed by atoms with Gasteiger partial charge in [0.15, 0.2) is 0 Å². The van der Waals surface area contributed by atoms with E-state index in [4.69, 9.17) is 0 Å². The minimum absolute atomic E-state index is 0.392. The third-order valence-electron chi connectivity index (χ3n) is 2.68. The highest BCUT2D eigenvalue weighted by atomic mass is 79.9. The molecule has 0 fully saturated rings. The molecule has 0 bridgehead atoms. The van der Waals surface area contributed by atoms with Gasteiger partial charge in [-0.2, -0.15) is 0 Å². The van der Waals surface area contributed by atoms with E-state index in [9.17, 15) is 5.02 Å². The number of benzene rings is 1. The largest absolute Gasteiger partial charge is 0.437 e. The summed E-state index contributed by atoms with van der Waals surface area (Å²) >= 11 is 3.46. The van der Waals surface area contributed by atoms with Crippen molar-refractivity contribution < 1.29 is 5.02 Å². The average molecular weight is 269 g/mol. The zero-order valence-electron chi connectivity index (χ0n) is 8.70. The lowest BCUT2D eigenvalue weighted by atomic mass is 9.84. The van der Waals surface area contributed by atoms with Gasteiger partial charge < -0.3 is 15.2 Å². The quantitative estimate of drug-likeness (QED) is 0.763. The van der Waals surface area contributed by atoms with Gasteiger partial charge in [0.05, 0.1) is 0 Å². The smallest absolute Gasteiger partial charge is 0.376 e. The van der Waals surface area contributed by atoms with Crippen molar-refractivity contribution in [3.63, 3.8) is 0 Å². The summed E-state index contributed by atoms with van der Waals surface area (Å²) in [7, 11) is -0.392. The molecule has 0 amide bonds. The topological polar surface area (TPSA) is 35.5 Å². The Morgan fingerprint density at radius 1 is 1.53 bits per heavy atom. The van der Waals surface area contributed by atoms with Gasteiger partial charge in [-0.15, -0.1) is 0 Å². The number of nitrogens with one attached hydrogen (secondary N) is 1. The van der Waals surface area contributed by atoms with Crippen molar-refractivity contribution in [3.8, 4) is 0 Å². The number of nitrogens with zero attached hydrogens (tertiary/aromatic N) is 1. The fourth-order valence-electron chi connectivity index (χ4n) is 1.82. The lowest BCUT2D eigenvalue weighted by Gasteiger charge is -2.20. The fourth-order valence-corrected chi connectivity index (χ4v) is 2.23. The molecule has 0 aliphatic carbocycles. The molecule has 15 heavy (non-hydrogen) atoms. The second kappa shape index (κ2) is 4.55. The van der Waals surface area contributed by atoms with E-state index in [0.717, 1.165) is 24.1 Å². The monoisotopic (exact) mass is 268 g/mol. The van der Waals surface area contributed by atoms with Crippen molar-refractivity contribution in [1.82, 2.24) is 4.81 Å². The van der Waals surface area contributed by atoms with Gasteiger partial charge in [-0.1, -0.05) is 15.9 Å². The highest BCUT2D eigenvalue weighted by Crippen LogP contribution is 2.24. The molecule has 0 radical (unpaired) electrons. The van der Waals surface area contributed by atoms with Gasteiger partial charge in [0.25, 0.3) is 0 Å². The summed E-state index contributed by atoms with van der Waals surface area (Å²) in [6.07, 6.45) is 0. The van der Waals surface area contributed by atoms with E-state index in [2.05, 4.69) is 33.4 Å². The Morgan fingerprint density at radius 3 is 3.07 bits per heavy atom. The van der Waals surface area contributed by atoms with E-state index >= 15 is 0 Å². The highest BCUT2D eigenvalue weighted by Gasteiger charge is 2.20. The van der Waals surface area contributed by atoms with Crippen LogP contribution in [0.25, 0.3) is 0 Å². The number of halogens is 1. The molecule has 0 saturated heterocycles. The number of fused-ring (bicyclic) bond motifs is 1. The molecule has 2 rings (SSSR count). The van der Waals surface area contributed by atoms with Crippen molar-refractivity contribution in [2.24, 2.45) is 0 Å². The SMILES string of the molecule is CB(O)N1CCNc2ccc(Br)cc2C1. The Morgan fingerprint density at radius 2 is 2.33 bits per heavy atom. The van der Waals surface area contributed by atoms with Gasteiger partial charge in [-0.3, -0.25) is 0 Å². The molecule has 1 heterocycles. The van der Waals surface area contributed by atoms with Crippen molar-refractivity contribution in [2.45, 2.75) is 13.4 Å². The molecule has 0 saturated carbocycles. The zero-order valence-corrected chi connectivity index (χ0v) is 10.3. The molecule has 80 valence electrons. The Hall–Kier alpha value is -0.515. The van der Waals surface area contributed by atoms with Crippen LogP contribution in [-0.4, -0.2) is 30.0 Å². The summed E-state index contributed by atoms with van der Waals surface area (Å²) < 4.78 is 1.08. The van der Waals surface area contributed by atoms with E-state index in [0.29, 0.717) is 0 Å². The maximum atomic E-state index is 9.58. The Balaban J connectivity index is 2.27.